The highest BCUT2D eigenvalue weighted by Gasteiger charge is 2.28. The molecule has 0 unspecified atom stereocenters. The number of nitrogens with zero attached hydrogens (tertiary/aromatic N) is 7. The Kier molecular flexibility index (Phi) is 7.72. The van der Waals surface area contributed by atoms with Gasteiger partial charge in [0.05, 0.1) is 36.4 Å². The second kappa shape index (κ2) is 11.9. The molecular weight excluding hydrogens is 522 g/mol. The molecule has 0 bridgehead atoms. The second-order valence-electron chi connectivity index (χ2n) is 10.1. The maximum atomic E-state index is 12.9. The monoisotopic (exact) mass is 555 g/mol. The van der Waals surface area contributed by atoms with Gasteiger partial charge in [0, 0.05) is 56.4 Å². The molecule has 2 fully saturated rings. The van der Waals surface area contributed by atoms with Crippen molar-refractivity contribution in [1.29, 1.82) is 0 Å². The third kappa shape index (κ3) is 5.68. The number of benzene rings is 1. The van der Waals surface area contributed by atoms with E-state index in [-0.39, 0.29) is 18.0 Å². The summed E-state index contributed by atoms with van der Waals surface area (Å²) in [6.45, 7) is 6.44. The van der Waals surface area contributed by atoms with Gasteiger partial charge in [0.1, 0.15) is 5.82 Å². The Morgan fingerprint density at radius 2 is 1.78 bits per heavy atom. The molecule has 41 heavy (non-hydrogen) atoms. The first-order valence-electron chi connectivity index (χ1n) is 14.0. The zero-order chi connectivity index (χ0) is 28.2. The minimum absolute atomic E-state index is 0.00574. The van der Waals surface area contributed by atoms with E-state index >= 15 is 0 Å². The van der Waals surface area contributed by atoms with E-state index in [9.17, 15) is 9.59 Å². The second-order valence-corrected chi connectivity index (χ2v) is 10.1. The standard InChI is InChI=1S/C29H33N9O3/c1-2-31-29(40)33-22-7-5-20(6-8-22)25-34-26(36-14-16-41-17-15-36)24-19-32-38(27(24)35-25)23-9-12-37(13-10-23)28(39)21-4-3-11-30-18-21/h3-8,11,18-19,23H,2,9-10,12-17H2,1H3,(H2,31,33,40). The fourth-order valence-electron chi connectivity index (χ4n) is 5.35. The van der Waals surface area contributed by atoms with Crippen LogP contribution in [0.15, 0.2) is 55.0 Å². The molecule has 2 N–H and O–H groups in total. The van der Waals surface area contributed by atoms with E-state index < -0.39 is 0 Å². The molecule has 2 aliphatic heterocycles. The Morgan fingerprint density at radius 3 is 2.49 bits per heavy atom. The number of anilines is 2. The van der Waals surface area contributed by atoms with Crippen molar-refractivity contribution < 1.29 is 14.3 Å². The number of hydrogen-bond acceptors (Lipinski definition) is 8. The van der Waals surface area contributed by atoms with Crippen LogP contribution in [0.25, 0.3) is 22.4 Å². The van der Waals surface area contributed by atoms with Crippen molar-refractivity contribution in [3.05, 3.63) is 60.6 Å². The summed E-state index contributed by atoms with van der Waals surface area (Å²) >= 11 is 0. The molecule has 12 nitrogen and oxygen atoms in total. The van der Waals surface area contributed by atoms with E-state index in [0.29, 0.717) is 49.9 Å². The van der Waals surface area contributed by atoms with Gasteiger partial charge in [-0.15, -0.1) is 0 Å². The molecule has 0 atom stereocenters. The SMILES string of the molecule is CCNC(=O)Nc1ccc(-c2nc(N3CCOCC3)c3cnn(C4CCN(C(=O)c5cccnc5)CC4)c3n2)cc1. The Hall–Kier alpha value is -4.58. The highest BCUT2D eigenvalue weighted by molar-refractivity contribution is 5.94. The third-order valence-corrected chi connectivity index (χ3v) is 7.49. The number of amides is 3. The van der Waals surface area contributed by atoms with Crippen molar-refractivity contribution in [2.24, 2.45) is 0 Å². The first-order chi connectivity index (χ1) is 20.1. The number of pyridine rings is 1. The topological polar surface area (TPSA) is 130 Å². The molecule has 12 heteroatoms. The Morgan fingerprint density at radius 1 is 1.00 bits per heavy atom. The van der Waals surface area contributed by atoms with Crippen molar-refractivity contribution in [2.45, 2.75) is 25.8 Å². The summed E-state index contributed by atoms with van der Waals surface area (Å²) in [7, 11) is 0. The van der Waals surface area contributed by atoms with Crippen LogP contribution in [-0.2, 0) is 4.74 Å². The number of morpholine rings is 1. The number of fused-ring (bicyclic) bond motifs is 1. The Bertz CT molecular complexity index is 1510. The molecule has 3 aromatic heterocycles. The lowest BCUT2D eigenvalue weighted by Crippen LogP contribution is -2.39. The number of carbonyl (C=O) groups excluding carboxylic acids is 2. The summed E-state index contributed by atoms with van der Waals surface area (Å²) in [6, 6.07) is 11.0. The van der Waals surface area contributed by atoms with Gasteiger partial charge < -0.3 is 25.2 Å². The fourth-order valence-corrected chi connectivity index (χ4v) is 5.35. The van der Waals surface area contributed by atoms with Crippen molar-refractivity contribution in [2.75, 3.05) is 56.2 Å². The predicted octanol–water partition coefficient (Wildman–Crippen LogP) is 3.34. The Labute approximate surface area is 237 Å². The van der Waals surface area contributed by atoms with Gasteiger partial charge in [-0.05, 0) is 56.2 Å². The number of carbonyl (C=O) groups is 2. The summed E-state index contributed by atoms with van der Waals surface area (Å²) in [5, 5.41) is 11.2. The average Bonchev–Trinajstić information content (AvgIpc) is 3.46. The van der Waals surface area contributed by atoms with Gasteiger partial charge >= 0.3 is 6.03 Å². The van der Waals surface area contributed by atoms with Crippen LogP contribution in [0.1, 0.15) is 36.2 Å². The van der Waals surface area contributed by atoms with Crippen molar-refractivity contribution in [3.63, 3.8) is 0 Å². The first kappa shape index (κ1) is 26.6. The molecule has 2 aliphatic rings. The number of rotatable bonds is 6. The van der Waals surface area contributed by atoms with Crippen LogP contribution >= 0.6 is 0 Å². The number of urea groups is 1. The molecule has 4 aromatic rings. The quantitative estimate of drug-likeness (QED) is 0.371. The minimum atomic E-state index is -0.246. The number of piperidine rings is 1. The summed E-state index contributed by atoms with van der Waals surface area (Å²) in [5.74, 6) is 1.44. The smallest absolute Gasteiger partial charge is 0.319 e. The van der Waals surface area contributed by atoms with E-state index in [0.717, 1.165) is 48.3 Å². The third-order valence-electron chi connectivity index (χ3n) is 7.49. The molecule has 0 spiro atoms. The van der Waals surface area contributed by atoms with Crippen LogP contribution in [-0.4, -0.2) is 87.5 Å². The van der Waals surface area contributed by atoms with Crippen molar-refractivity contribution in [1.82, 2.24) is 34.9 Å². The van der Waals surface area contributed by atoms with Crippen LogP contribution in [0, 0.1) is 0 Å². The van der Waals surface area contributed by atoms with Gasteiger partial charge in [-0.1, -0.05) is 0 Å². The molecule has 0 radical (unpaired) electrons. The minimum Gasteiger partial charge on any atom is -0.378 e. The van der Waals surface area contributed by atoms with E-state index in [1.54, 1.807) is 24.5 Å². The predicted molar refractivity (Wildman–Crippen MR) is 155 cm³/mol. The van der Waals surface area contributed by atoms with Crippen molar-refractivity contribution in [3.8, 4) is 11.4 Å². The molecule has 6 rings (SSSR count). The van der Waals surface area contributed by atoms with Gasteiger partial charge in [-0.25, -0.2) is 19.4 Å². The number of hydrogen-bond donors (Lipinski definition) is 2. The van der Waals surface area contributed by atoms with E-state index in [2.05, 4.69) is 20.5 Å². The molecule has 0 aliphatic carbocycles. The zero-order valence-electron chi connectivity index (χ0n) is 23.0. The van der Waals surface area contributed by atoms with E-state index in [4.69, 9.17) is 19.8 Å². The summed E-state index contributed by atoms with van der Waals surface area (Å²) in [4.78, 5) is 43.1. The van der Waals surface area contributed by atoms with Gasteiger partial charge in [-0.2, -0.15) is 5.10 Å². The molecule has 3 amide bonds. The average molecular weight is 556 g/mol. The van der Waals surface area contributed by atoms with Gasteiger partial charge in [0.2, 0.25) is 0 Å². The molecule has 1 aromatic carbocycles. The van der Waals surface area contributed by atoms with Crippen LogP contribution in [0.4, 0.5) is 16.3 Å². The molecule has 212 valence electrons. The highest BCUT2D eigenvalue weighted by atomic mass is 16.5. The van der Waals surface area contributed by atoms with Crippen LogP contribution in [0.3, 0.4) is 0 Å². The first-order valence-corrected chi connectivity index (χ1v) is 14.0. The lowest BCUT2D eigenvalue weighted by atomic mass is 10.0. The van der Waals surface area contributed by atoms with Crippen molar-refractivity contribution >= 4 is 34.5 Å². The lowest BCUT2D eigenvalue weighted by Gasteiger charge is -2.32. The number of ether oxygens (including phenoxy) is 1. The molecule has 2 saturated heterocycles. The lowest BCUT2D eigenvalue weighted by molar-refractivity contribution is 0.0691. The Balaban J connectivity index is 1.28. The van der Waals surface area contributed by atoms with Gasteiger partial charge in [0.15, 0.2) is 11.5 Å². The maximum absolute atomic E-state index is 12.9. The summed E-state index contributed by atoms with van der Waals surface area (Å²) in [5.41, 5.74) is 2.91. The zero-order valence-corrected chi connectivity index (χ0v) is 23.0. The summed E-state index contributed by atoms with van der Waals surface area (Å²) < 4.78 is 7.59. The largest absolute Gasteiger partial charge is 0.378 e. The molecular formula is C29H33N9O3. The molecule has 0 saturated carbocycles. The highest BCUT2D eigenvalue weighted by Crippen LogP contribution is 2.32. The number of aromatic nitrogens is 5. The van der Waals surface area contributed by atoms with Crippen LogP contribution in [0.2, 0.25) is 0 Å². The van der Waals surface area contributed by atoms with Gasteiger partial charge in [0.25, 0.3) is 5.91 Å². The maximum Gasteiger partial charge on any atom is 0.319 e. The van der Waals surface area contributed by atoms with Crippen LogP contribution < -0.4 is 15.5 Å². The fraction of sp³-hybridized carbons (Fsp3) is 0.379. The number of likely N-dealkylation sites (tertiary alicyclic amines) is 1. The van der Waals surface area contributed by atoms with Gasteiger partial charge in [-0.3, -0.25) is 9.78 Å². The summed E-state index contributed by atoms with van der Waals surface area (Å²) in [6.07, 6.45) is 6.69. The normalized spacial score (nSPS) is 16.1. The van der Waals surface area contributed by atoms with E-state index in [1.165, 1.54) is 0 Å². The van der Waals surface area contributed by atoms with Crippen LogP contribution in [0.5, 0.6) is 0 Å². The molecule has 5 heterocycles. The van der Waals surface area contributed by atoms with E-state index in [1.807, 2.05) is 47.0 Å². The number of nitrogens with one attached hydrogen (secondary N) is 2.